The average molecular weight is 509 g/mol. The Bertz CT molecular complexity index is 455. The Morgan fingerprint density at radius 3 is 0.938 bits per heavy atom. The lowest BCUT2D eigenvalue weighted by Gasteiger charge is -2.23. The molecule has 0 rings (SSSR count). The Balaban J connectivity index is -0.000000172. The summed E-state index contributed by atoms with van der Waals surface area (Å²) in [6, 6.07) is 0. The lowest BCUT2D eigenvalue weighted by atomic mass is 10.3. The summed E-state index contributed by atoms with van der Waals surface area (Å²) >= 11 is 7.53. The number of hydrogen-bond acceptors (Lipinski definition) is 12. The van der Waals surface area contributed by atoms with Crippen LogP contribution in [0.1, 0.15) is 0 Å². The van der Waals surface area contributed by atoms with Crippen molar-refractivity contribution < 1.29 is 49.8 Å². The first kappa shape index (κ1) is 40.4. The third-order valence-corrected chi connectivity index (χ3v) is 3.73. The van der Waals surface area contributed by atoms with E-state index in [1.165, 1.54) is 0 Å². The molecule has 0 bridgehead atoms. The standard InChI is InChI=1S/C10H16N2O8.C4H10O2S2.C2H4.2H3N/c13-7(14)3-11(4-8(15)16)1-2-12(5-9(17)18)6-10(19)20;5-3(1-7)4(6)2-8;1-2;;/h1-6H2,(H,13,14)(H,15,16)(H,17,18)(H,19,20);3-8H,1-2H2;1-2H2;2*1H3/t;3-,4-;;;/m.1.../s1. The summed E-state index contributed by atoms with van der Waals surface area (Å²) in [6.45, 7) is 3.75. The highest BCUT2D eigenvalue weighted by Gasteiger charge is 2.18. The molecule has 12 N–H and O–H groups in total. The van der Waals surface area contributed by atoms with Crippen LogP contribution in [0.5, 0.6) is 0 Å². The molecule has 0 radical (unpaired) electrons. The molecule has 0 amide bonds. The van der Waals surface area contributed by atoms with Crippen LogP contribution in [0.4, 0.5) is 0 Å². The van der Waals surface area contributed by atoms with Crippen molar-refractivity contribution in [1.29, 1.82) is 0 Å². The van der Waals surface area contributed by atoms with Crippen molar-refractivity contribution in [2.24, 2.45) is 0 Å². The van der Waals surface area contributed by atoms with Gasteiger partial charge in [-0.3, -0.25) is 29.0 Å². The summed E-state index contributed by atoms with van der Waals surface area (Å²) < 4.78 is 0. The SMILES string of the molecule is C=C.N.N.O=C(O)CN(CCN(CC(=O)O)CC(=O)O)CC(=O)O.O[C@H](CS)[C@H](O)CS. The van der Waals surface area contributed by atoms with Crippen molar-refractivity contribution in [3.8, 4) is 0 Å². The minimum atomic E-state index is -1.23. The zero-order valence-electron chi connectivity index (χ0n) is 17.7. The normalized spacial score (nSPS) is 11.3. The number of carboxylic acids is 4. The van der Waals surface area contributed by atoms with E-state index in [9.17, 15) is 19.2 Å². The first-order chi connectivity index (χ1) is 13.9. The topological polar surface area (TPSA) is 266 Å². The summed E-state index contributed by atoms with van der Waals surface area (Å²) in [4.78, 5) is 44.4. The van der Waals surface area contributed by atoms with Crippen LogP contribution < -0.4 is 12.3 Å². The van der Waals surface area contributed by atoms with E-state index in [-0.39, 0.29) is 36.9 Å². The Morgan fingerprint density at radius 2 is 0.812 bits per heavy atom. The molecule has 2 atom stereocenters. The molecule has 0 spiro atoms. The van der Waals surface area contributed by atoms with Crippen molar-refractivity contribution in [2.45, 2.75) is 12.2 Å². The summed E-state index contributed by atoms with van der Waals surface area (Å²) in [5, 5.41) is 52.0. The van der Waals surface area contributed by atoms with E-state index in [0.29, 0.717) is 0 Å². The van der Waals surface area contributed by atoms with Crippen LogP contribution in [0.3, 0.4) is 0 Å². The number of aliphatic hydroxyl groups excluding tert-OH is 2. The second-order valence-electron chi connectivity index (χ2n) is 5.50. The first-order valence-corrected chi connectivity index (χ1v) is 9.59. The molecule has 0 unspecified atom stereocenters. The average Bonchev–Trinajstić information content (AvgIpc) is 2.65. The number of aliphatic hydroxyl groups is 2. The Kier molecular flexibility index (Phi) is 32.0. The zero-order chi connectivity index (χ0) is 24.3. The van der Waals surface area contributed by atoms with Crippen LogP contribution in [0.25, 0.3) is 0 Å². The Labute approximate surface area is 197 Å². The van der Waals surface area contributed by atoms with Gasteiger partial charge in [0.15, 0.2) is 0 Å². The number of carboxylic acid groups (broad SMARTS) is 4. The van der Waals surface area contributed by atoms with Gasteiger partial charge in [0.25, 0.3) is 0 Å². The van der Waals surface area contributed by atoms with Gasteiger partial charge in [-0.05, 0) is 0 Å². The van der Waals surface area contributed by atoms with Crippen LogP contribution in [-0.4, -0.2) is 127 Å². The summed E-state index contributed by atoms with van der Waals surface area (Å²) in [6.07, 6.45) is -1.48. The predicted octanol–water partition coefficient (Wildman–Crippen LogP) is -1.38. The molecule has 0 heterocycles. The van der Waals surface area contributed by atoms with Gasteiger partial charge in [-0.1, -0.05) is 0 Å². The molecule has 192 valence electrons. The number of hydrogen-bond donors (Lipinski definition) is 10. The van der Waals surface area contributed by atoms with E-state index in [1.54, 1.807) is 0 Å². The van der Waals surface area contributed by atoms with Gasteiger partial charge < -0.3 is 42.9 Å². The third kappa shape index (κ3) is 28.1. The molecule has 0 aliphatic carbocycles. The van der Waals surface area contributed by atoms with Crippen LogP contribution >= 0.6 is 25.3 Å². The molecule has 14 nitrogen and oxygen atoms in total. The van der Waals surface area contributed by atoms with E-state index in [0.717, 1.165) is 9.80 Å². The van der Waals surface area contributed by atoms with Crippen molar-refractivity contribution in [3.63, 3.8) is 0 Å². The van der Waals surface area contributed by atoms with Crippen LogP contribution in [-0.2, 0) is 19.2 Å². The van der Waals surface area contributed by atoms with E-state index in [2.05, 4.69) is 38.4 Å². The number of rotatable bonds is 14. The monoisotopic (exact) mass is 508 g/mol. The molecular formula is C16H36N4O10S2. The maximum absolute atomic E-state index is 10.6. The van der Waals surface area contributed by atoms with E-state index in [1.807, 2.05) is 0 Å². The highest BCUT2D eigenvalue weighted by atomic mass is 32.1. The third-order valence-electron chi connectivity index (χ3n) is 2.99. The van der Waals surface area contributed by atoms with Gasteiger partial charge in [0, 0.05) is 24.6 Å². The quantitative estimate of drug-likeness (QED) is 0.0957. The lowest BCUT2D eigenvalue weighted by Crippen LogP contribution is -2.43. The maximum atomic E-state index is 10.6. The molecule has 0 aromatic rings. The minimum absolute atomic E-state index is 0. The van der Waals surface area contributed by atoms with Gasteiger partial charge in [0.2, 0.25) is 0 Å². The highest BCUT2D eigenvalue weighted by molar-refractivity contribution is 7.80. The van der Waals surface area contributed by atoms with Crippen LogP contribution in [0.2, 0.25) is 0 Å². The molecule has 0 fully saturated rings. The second kappa shape index (κ2) is 25.3. The molecule has 0 aromatic heterocycles. The van der Waals surface area contributed by atoms with Gasteiger partial charge in [0.05, 0.1) is 38.4 Å². The van der Waals surface area contributed by atoms with Crippen molar-refractivity contribution >= 4 is 49.1 Å². The summed E-state index contributed by atoms with van der Waals surface area (Å²) in [5.41, 5.74) is 0. The van der Waals surface area contributed by atoms with Crippen molar-refractivity contribution in [1.82, 2.24) is 22.1 Å². The highest BCUT2D eigenvalue weighted by Crippen LogP contribution is 1.96. The smallest absolute Gasteiger partial charge is 0.317 e. The number of aliphatic carboxylic acids is 4. The predicted molar refractivity (Wildman–Crippen MR) is 124 cm³/mol. The van der Waals surface area contributed by atoms with Gasteiger partial charge >= 0.3 is 23.9 Å². The lowest BCUT2D eigenvalue weighted by molar-refractivity contribution is -0.145. The Morgan fingerprint density at radius 1 is 0.625 bits per heavy atom. The number of carbonyl (C=O) groups is 4. The molecule has 0 aliphatic rings. The molecule has 0 saturated carbocycles. The van der Waals surface area contributed by atoms with E-state index >= 15 is 0 Å². The maximum Gasteiger partial charge on any atom is 0.317 e. The molecule has 0 aliphatic heterocycles. The molecule has 0 aromatic carbocycles. The molecule has 16 heteroatoms. The van der Waals surface area contributed by atoms with Crippen LogP contribution in [0.15, 0.2) is 13.2 Å². The van der Waals surface area contributed by atoms with Crippen molar-refractivity contribution in [3.05, 3.63) is 13.2 Å². The van der Waals surface area contributed by atoms with E-state index in [4.69, 9.17) is 30.6 Å². The van der Waals surface area contributed by atoms with Gasteiger partial charge in [0.1, 0.15) is 0 Å². The van der Waals surface area contributed by atoms with Crippen molar-refractivity contribution in [2.75, 3.05) is 50.8 Å². The second-order valence-corrected chi connectivity index (χ2v) is 6.23. The molecule has 0 saturated heterocycles. The van der Waals surface area contributed by atoms with Gasteiger partial charge in [-0.2, -0.15) is 25.3 Å². The van der Waals surface area contributed by atoms with Crippen LogP contribution in [0, 0.1) is 0 Å². The Hall–Kier alpha value is -1.92. The minimum Gasteiger partial charge on any atom is -0.480 e. The number of nitrogens with zero attached hydrogens (tertiary/aromatic N) is 2. The zero-order valence-corrected chi connectivity index (χ0v) is 19.5. The summed E-state index contributed by atoms with van der Waals surface area (Å²) in [5.74, 6) is -4.35. The van der Waals surface area contributed by atoms with Gasteiger partial charge in [-0.15, -0.1) is 13.2 Å². The number of thiol groups is 2. The largest absolute Gasteiger partial charge is 0.480 e. The summed E-state index contributed by atoms with van der Waals surface area (Å²) in [7, 11) is 0. The fourth-order valence-corrected chi connectivity index (χ4v) is 2.21. The first-order valence-electron chi connectivity index (χ1n) is 8.32. The fourth-order valence-electron chi connectivity index (χ4n) is 1.72. The van der Waals surface area contributed by atoms with E-state index < -0.39 is 62.3 Å². The molecular weight excluding hydrogens is 472 g/mol. The molecule has 32 heavy (non-hydrogen) atoms. The van der Waals surface area contributed by atoms with Gasteiger partial charge in [-0.25, -0.2) is 0 Å². The fraction of sp³-hybridized carbons (Fsp3) is 0.625.